The van der Waals surface area contributed by atoms with Gasteiger partial charge in [-0.3, -0.25) is 14.2 Å². The normalized spacial score (nSPS) is 13.2. The van der Waals surface area contributed by atoms with Crippen molar-refractivity contribution < 1.29 is 4.79 Å². The predicted molar refractivity (Wildman–Crippen MR) is 149 cm³/mol. The summed E-state index contributed by atoms with van der Waals surface area (Å²) in [5.74, 6) is -0.173. The lowest BCUT2D eigenvalue weighted by Gasteiger charge is -2.13. The van der Waals surface area contributed by atoms with E-state index in [1.54, 1.807) is 22.1 Å². The second kappa shape index (κ2) is 10.7. The third-order valence-electron chi connectivity index (χ3n) is 6.12. The molecule has 4 aromatic rings. The van der Waals surface area contributed by atoms with E-state index in [-0.39, 0.29) is 17.2 Å². The molecule has 0 bridgehead atoms. The van der Waals surface area contributed by atoms with Gasteiger partial charge in [-0.1, -0.05) is 42.1 Å². The van der Waals surface area contributed by atoms with Gasteiger partial charge in [0.05, 0.1) is 23.0 Å². The quantitative estimate of drug-likeness (QED) is 0.167. The summed E-state index contributed by atoms with van der Waals surface area (Å²) in [7, 11) is 3.97. The number of benzene rings is 2. The Hall–Kier alpha value is -3.43. The van der Waals surface area contributed by atoms with E-state index in [1.807, 2.05) is 73.6 Å². The lowest BCUT2D eigenvalue weighted by Crippen LogP contribution is -2.24. The van der Waals surface area contributed by atoms with Crippen LogP contribution in [0, 0.1) is 0 Å². The summed E-state index contributed by atoms with van der Waals surface area (Å²) in [4.78, 5) is 35.2. The average molecular weight is 518 g/mol. The molecule has 2 heterocycles. The molecular weight excluding hydrogens is 490 g/mol. The van der Waals surface area contributed by atoms with E-state index in [2.05, 4.69) is 10.5 Å². The molecule has 0 saturated carbocycles. The Morgan fingerprint density at radius 3 is 2.64 bits per heavy atom. The van der Waals surface area contributed by atoms with Gasteiger partial charge in [-0.05, 0) is 61.1 Å². The minimum atomic E-state index is -0.263. The lowest BCUT2D eigenvalue weighted by atomic mass is 9.97. The Morgan fingerprint density at radius 2 is 1.89 bits per heavy atom. The molecule has 1 N–H and O–H groups in total. The highest BCUT2D eigenvalue weighted by atomic mass is 32.2. The Morgan fingerprint density at radius 1 is 1.14 bits per heavy atom. The maximum absolute atomic E-state index is 13.7. The number of rotatable bonds is 7. The predicted octanol–water partition coefficient (Wildman–Crippen LogP) is 4.63. The third-order valence-corrected chi connectivity index (χ3v) is 8.24. The van der Waals surface area contributed by atoms with Crippen molar-refractivity contribution in [1.29, 1.82) is 0 Å². The molecule has 184 valence electrons. The summed E-state index contributed by atoms with van der Waals surface area (Å²) in [5, 5.41) is 5.33. The number of carbonyl (C=O) groups excluding carboxylic acids is 1. The average Bonchev–Trinajstić information content (AvgIpc) is 3.27. The van der Waals surface area contributed by atoms with E-state index in [9.17, 15) is 9.59 Å². The molecular formula is C27H27N5O2S2. The van der Waals surface area contributed by atoms with Crippen LogP contribution in [0.1, 0.15) is 28.8 Å². The summed E-state index contributed by atoms with van der Waals surface area (Å²) < 4.78 is 1.64. The van der Waals surface area contributed by atoms with E-state index < -0.39 is 0 Å². The van der Waals surface area contributed by atoms with Crippen LogP contribution in [0.2, 0.25) is 0 Å². The van der Waals surface area contributed by atoms with Crippen molar-refractivity contribution in [2.75, 3.05) is 24.7 Å². The molecule has 2 aromatic carbocycles. The fourth-order valence-electron chi connectivity index (χ4n) is 4.29. The number of para-hydroxylation sites is 1. The van der Waals surface area contributed by atoms with Gasteiger partial charge >= 0.3 is 0 Å². The molecule has 2 aromatic heterocycles. The maximum Gasteiger partial charge on any atom is 0.267 e. The molecule has 36 heavy (non-hydrogen) atoms. The Balaban J connectivity index is 1.36. The highest BCUT2D eigenvalue weighted by Crippen LogP contribution is 2.35. The highest BCUT2D eigenvalue weighted by molar-refractivity contribution is 7.99. The van der Waals surface area contributed by atoms with Crippen LogP contribution >= 0.6 is 23.1 Å². The largest absolute Gasteiger partial charge is 0.378 e. The first-order chi connectivity index (χ1) is 17.5. The van der Waals surface area contributed by atoms with Crippen molar-refractivity contribution in [2.45, 2.75) is 30.8 Å². The molecule has 0 spiro atoms. The summed E-state index contributed by atoms with van der Waals surface area (Å²) in [6, 6.07) is 17.4. The molecule has 7 nitrogen and oxygen atoms in total. The van der Waals surface area contributed by atoms with Crippen LogP contribution in [-0.4, -0.2) is 41.5 Å². The van der Waals surface area contributed by atoms with Gasteiger partial charge in [0, 0.05) is 24.7 Å². The number of thioether (sulfide) groups is 1. The van der Waals surface area contributed by atoms with Crippen molar-refractivity contribution in [1.82, 2.24) is 15.0 Å². The molecule has 0 unspecified atom stereocenters. The minimum Gasteiger partial charge on any atom is -0.378 e. The number of anilines is 1. The molecule has 9 heteroatoms. The molecule has 1 aliphatic rings. The first-order valence-corrected chi connectivity index (χ1v) is 13.7. The Labute approximate surface area is 217 Å². The topological polar surface area (TPSA) is 79.6 Å². The molecule has 1 aliphatic carbocycles. The number of aromatic nitrogens is 2. The van der Waals surface area contributed by atoms with Crippen LogP contribution in [0.4, 0.5) is 5.69 Å². The fourth-order valence-corrected chi connectivity index (χ4v) is 6.40. The summed E-state index contributed by atoms with van der Waals surface area (Å²) in [6.07, 6.45) is 5.78. The van der Waals surface area contributed by atoms with Crippen LogP contribution in [0.25, 0.3) is 15.9 Å². The number of hydrogen-bond acceptors (Lipinski definition) is 7. The number of aryl methyl sites for hydroxylation is 2. The summed E-state index contributed by atoms with van der Waals surface area (Å²) >= 11 is 2.86. The smallest absolute Gasteiger partial charge is 0.267 e. The van der Waals surface area contributed by atoms with Crippen molar-refractivity contribution in [2.24, 2.45) is 5.10 Å². The Kier molecular flexibility index (Phi) is 7.20. The number of nitrogens with one attached hydrogen (secondary N) is 1. The molecule has 0 saturated heterocycles. The van der Waals surface area contributed by atoms with Crippen molar-refractivity contribution in [3.8, 4) is 5.69 Å². The van der Waals surface area contributed by atoms with Gasteiger partial charge in [-0.25, -0.2) is 10.4 Å². The van der Waals surface area contributed by atoms with Gasteiger partial charge < -0.3 is 4.90 Å². The number of hydrazone groups is 1. The van der Waals surface area contributed by atoms with E-state index in [4.69, 9.17) is 4.98 Å². The van der Waals surface area contributed by atoms with E-state index in [0.717, 1.165) is 58.4 Å². The molecule has 1 amide bonds. The number of thiophene rings is 1. The second-order valence-electron chi connectivity index (χ2n) is 8.83. The summed E-state index contributed by atoms with van der Waals surface area (Å²) in [6.45, 7) is 0. The molecule has 0 fully saturated rings. The first-order valence-electron chi connectivity index (χ1n) is 11.9. The zero-order valence-electron chi connectivity index (χ0n) is 20.2. The fraction of sp³-hybridized carbons (Fsp3) is 0.259. The number of amides is 1. The maximum atomic E-state index is 13.7. The van der Waals surface area contributed by atoms with E-state index in [1.165, 1.54) is 16.6 Å². The minimum absolute atomic E-state index is 0.0623. The van der Waals surface area contributed by atoms with E-state index >= 15 is 0 Å². The van der Waals surface area contributed by atoms with Crippen LogP contribution in [-0.2, 0) is 17.6 Å². The molecule has 0 atom stereocenters. The second-order valence-corrected chi connectivity index (χ2v) is 10.9. The molecule has 0 aliphatic heterocycles. The number of hydrogen-bond donors (Lipinski definition) is 1. The Bertz CT molecular complexity index is 1470. The van der Waals surface area contributed by atoms with Gasteiger partial charge in [0.2, 0.25) is 0 Å². The zero-order valence-corrected chi connectivity index (χ0v) is 21.9. The van der Waals surface area contributed by atoms with E-state index in [0.29, 0.717) is 5.16 Å². The molecule has 0 radical (unpaired) electrons. The van der Waals surface area contributed by atoms with Gasteiger partial charge in [-0.15, -0.1) is 11.3 Å². The summed E-state index contributed by atoms with van der Waals surface area (Å²) in [5.41, 5.74) is 6.40. The third kappa shape index (κ3) is 5.08. The van der Waals surface area contributed by atoms with Crippen LogP contribution in [0.3, 0.4) is 0 Å². The van der Waals surface area contributed by atoms with Gasteiger partial charge in [0.1, 0.15) is 4.83 Å². The number of fused-ring (bicyclic) bond motifs is 3. The SMILES string of the molecule is CN(C)c1ccc(/C=N\NC(=O)CSc2nc3sc4c(c3c(=O)n2-c2ccccc2)CCCC4)cc1. The number of nitrogens with zero attached hydrogens (tertiary/aromatic N) is 4. The van der Waals surface area contributed by atoms with Crippen LogP contribution < -0.4 is 15.9 Å². The van der Waals surface area contributed by atoms with Gasteiger partial charge in [-0.2, -0.15) is 5.10 Å². The van der Waals surface area contributed by atoms with Crippen molar-refractivity contribution in [3.05, 3.63) is 81.0 Å². The lowest BCUT2D eigenvalue weighted by molar-refractivity contribution is -0.118. The number of carbonyl (C=O) groups is 1. The van der Waals surface area contributed by atoms with Crippen LogP contribution in [0.5, 0.6) is 0 Å². The molecule has 5 rings (SSSR count). The van der Waals surface area contributed by atoms with Gasteiger partial charge in [0.25, 0.3) is 11.5 Å². The standard InChI is InChI=1S/C27H27N5O2S2/c1-31(2)19-14-12-18(13-15-19)16-28-30-23(33)17-35-27-29-25-24(21-10-6-7-11-22(21)36-25)26(34)32(27)20-8-4-3-5-9-20/h3-5,8-9,12-16H,6-7,10-11,17H2,1-2H3,(H,30,33)/b28-16-. The van der Waals surface area contributed by atoms with Crippen molar-refractivity contribution >= 4 is 51.1 Å². The van der Waals surface area contributed by atoms with Crippen LogP contribution in [0.15, 0.2) is 69.6 Å². The monoisotopic (exact) mass is 517 g/mol. The van der Waals surface area contributed by atoms with Crippen molar-refractivity contribution in [3.63, 3.8) is 0 Å². The highest BCUT2D eigenvalue weighted by Gasteiger charge is 2.23. The zero-order chi connectivity index (χ0) is 25.1. The first kappa shape index (κ1) is 24.3. The van der Waals surface area contributed by atoms with Gasteiger partial charge in [0.15, 0.2) is 5.16 Å².